The van der Waals surface area contributed by atoms with Crippen LogP contribution in [0.25, 0.3) is 22.2 Å². The van der Waals surface area contributed by atoms with Gasteiger partial charge in [0.15, 0.2) is 6.23 Å². The number of carbonyl (C=O) groups is 1. The number of aromatic amines is 1. The van der Waals surface area contributed by atoms with Gasteiger partial charge in [-0.2, -0.15) is 13.2 Å². The lowest BCUT2D eigenvalue weighted by atomic mass is 10.1. The van der Waals surface area contributed by atoms with Gasteiger partial charge in [-0.25, -0.2) is 4.79 Å². The second-order valence-corrected chi connectivity index (χ2v) is 10.9. The first-order valence-electron chi connectivity index (χ1n) is 13.1. The molecule has 0 amide bonds. The fraction of sp³-hybridized carbons (Fsp3) is 0.276. The molecule has 0 spiro atoms. The second-order valence-electron chi connectivity index (χ2n) is 9.83. The quantitative estimate of drug-likeness (QED) is 0.206. The maximum atomic E-state index is 12.7. The summed E-state index contributed by atoms with van der Waals surface area (Å²) >= 11 is 1.67. The Hall–Kier alpha value is -3.67. The van der Waals surface area contributed by atoms with Crippen molar-refractivity contribution < 1.29 is 22.7 Å². The van der Waals surface area contributed by atoms with Crippen LogP contribution >= 0.6 is 11.8 Å². The summed E-state index contributed by atoms with van der Waals surface area (Å²) in [6, 6.07) is 22.7. The van der Waals surface area contributed by atoms with Crippen molar-refractivity contribution >= 4 is 45.7 Å². The Morgan fingerprint density at radius 1 is 1.00 bits per heavy atom. The van der Waals surface area contributed by atoms with Crippen molar-refractivity contribution in [1.82, 2.24) is 10.3 Å². The number of anilines is 3. The minimum absolute atomic E-state index is 0.0225. The van der Waals surface area contributed by atoms with E-state index < -0.39 is 18.4 Å². The highest BCUT2D eigenvalue weighted by Crippen LogP contribution is 2.50. The Labute approximate surface area is 233 Å². The molecule has 1 aromatic heterocycles. The van der Waals surface area contributed by atoms with E-state index in [9.17, 15) is 18.0 Å². The third-order valence-electron chi connectivity index (χ3n) is 7.15. The Morgan fingerprint density at radius 3 is 2.48 bits per heavy atom. The summed E-state index contributed by atoms with van der Waals surface area (Å²) in [7, 11) is 0. The number of alkyl halides is 3. The number of piperazine rings is 1. The predicted molar refractivity (Wildman–Crippen MR) is 151 cm³/mol. The number of hydrogen-bond acceptors (Lipinski definition) is 7. The molecule has 40 heavy (non-hydrogen) atoms. The van der Waals surface area contributed by atoms with Crippen LogP contribution in [0.3, 0.4) is 0 Å². The van der Waals surface area contributed by atoms with Crippen LogP contribution in [0.15, 0.2) is 76.5 Å². The molecule has 7 nitrogen and oxygen atoms in total. The lowest BCUT2D eigenvalue weighted by molar-refractivity contribution is -0.204. The number of para-hydroxylation sites is 1. The zero-order valence-electron chi connectivity index (χ0n) is 21.5. The number of carbonyl (C=O) groups excluding carboxylic acids is 1. The second kappa shape index (κ2) is 10.7. The third kappa shape index (κ3) is 5.36. The molecule has 4 N–H and O–H groups in total. The molecule has 1 saturated heterocycles. The van der Waals surface area contributed by atoms with Gasteiger partial charge in [-0.3, -0.25) is 5.73 Å². The molecule has 2 aliphatic heterocycles. The summed E-state index contributed by atoms with van der Waals surface area (Å²) in [5, 5.41) is 4.50. The molecule has 4 aromatic rings. The van der Waals surface area contributed by atoms with Gasteiger partial charge in [-0.1, -0.05) is 36.0 Å². The first kappa shape index (κ1) is 26.5. The van der Waals surface area contributed by atoms with E-state index in [-0.39, 0.29) is 13.0 Å². The maximum Gasteiger partial charge on any atom is 0.490 e. The van der Waals surface area contributed by atoms with E-state index in [0.29, 0.717) is 0 Å². The largest absolute Gasteiger partial charge is 0.490 e. The van der Waals surface area contributed by atoms with Crippen LogP contribution in [0.1, 0.15) is 6.42 Å². The van der Waals surface area contributed by atoms with Gasteiger partial charge < -0.3 is 24.8 Å². The fourth-order valence-corrected chi connectivity index (χ4v) is 6.32. The molecule has 6 rings (SSSR count). The van der Waals surface area contributed by atoms with Gasteiger partial charge in [0, 0.05) is 71.2 Å². The SMILES string of the molecule is NC(CCN1c2ccc(-c3cc4ccccc4[nH]3)cc2Sc2cc(N3CCNCC3)ccc21)OC(=O)C(F)(F)F. The van der Waals surface area contributed by atoms with Crippen molar-refractivity contribution in [3.05, 3.63) is 66.7 Å². The average molecular weight is 568 g/mol. The summed E-state index contributed by atoms with van der Waals surface area (Å²) in [5.74, 6) is -2.28. The average Bonchev–Trinajstić information content (AvgIpc) is 3.39. The summed E-state index contributed by atoms with van der Waals surface area (Å²) < 4.78 is 42.5. The summed E-state index contributed by atoms with van der Waals surface area (Å²) in [6.07, 6.45) is -6.45. The zero-order valence-corrected chi connectivity index (χ0v) is 22.3. The molecule has 1 fully saturated rings. The molecule has 11 heteroatoms. The number of nitrogens with two attached hydrogens (primary N) is 1. The van der Waals surface area contributed by atoms with Crippen LogP contribution in [-0.4, -0.2) is 56.1 Å². The molecule has 208 valence electrons. The number of esters is 1. The van der Waals surface area contributed by atoms with Crippen molar-refractivity contribution in [2.75, 3.05) is 42.5 Å². The van der Waals surface area contributed by atoms with Gasteiger partial charge in [0.1, 0.15) is 0 Å². The monoisotopic (exact) mass is 567 g/mol. The Balaban J connectivity index is 1.32. The minimum Gasteiger partial charge on any atom is -0.440 e. The standard InChI is InChI=1S/C29H28F3N5O2S/c30-29(31,32)28(38)39-27(33)9-12-37-23-7-5-19(22-15-18-3-1-2-4-21(18)35-22)16-25(23)40-26-17-20(6-8-24(26)37)36-13-10-34-11-14-36/h1-8,15-17,27,34-35H,9-14,33H2. The van der Waals surface area contributed by atoms with Gasteiger partial charge in [-0.05, 0) is 48.0 Å². The van der Waals surface area contributed by atoms with Crippen molar-refractivity contribution in [1.29, 1.82) is 0 Å². The summed E-state index contributed by atoms with van der Waals surface area (Å²) in [4.78, 5) is 21.2. The molecule has 2 aliphatic rings. The topological polar surface area (TPSA) is 86.6 Å². The molecule has 1 atom stereocenters. The van der Waals surface area contributed by atoms with E-state index >= 15 is 0 Å². The van der Waals surface area contributed by atoms with E-state index in [2.05, 4.69) is 50.3 Å². The Kier molecular flexibility index (Phi) is 7.11. The molecule has 0 radical (unpaired) electrons. The smallest absolute Gasteiger partial charge is 0.440 e. The van der Waals surface area contributed by atoms with Crippen LogP contribution in [0.4, 0.5) is 30.2 Å². The van der Waals surface area contributed by atoms with Gasteiger partial charge in [0.05, 0.1) is 11.4 Å². The van der Waals surface area contributed by atoms with E-state index in [1.807, 2.05) is 41.3 Å². The van der Waals surface area contributed by atoms with E-state index in [1.54, 1.807) is 11.8 Å². The minimum atomic E-state index is -5.09. The van der Waals surface area contributed by atoms with Crippen LogP contribution in [-0.2, 0) is 9.53 Å². The molecule has 3 heterocycles. The number of nitrogens with one attached hydrogen (secondary N) is 2. The molecular formula is C29H28F3N5O2S. The molecule has 0 aliphatic carbocycles. The number of aromatic nitrogens is 1. The molecule has 3 aromatic carbocycles. The van der Waals surface area contributed by atoms with Crippen LogP contribution in [0.2, 0.25) is 0 Å². The van der Waals surface area contributed by atoms with E-state index in [4.69, 9.17) is 5.73 Å². The van der Waals surface area contributed by atoms with Crippen LogP contribution in [0.5, 0.6) is 0 Å². The number of halogens is 3. The first-order valence-corrected chi connectivity index (χ1v) is 13.9. The molecule has 0 bridgehead atoms. The number of hydrogen-bond donors (Lipinski definition) is 3. The lowest BCUT2D eigenvalue weighted by Gasteiger charge is -2.35. The molecular weight excluding hydrogens is 539 g/mol. The predicted octanol–water partition coefficient (Wildman–Crippen LogP) is 5.63. The van der Waals surface area contributed by atoms with E-state index in [0.717, 1.165) is 75.2 Å². The Morgan fingerprint density at radius 2 is 1.73 bits per heavy atom. The highest BCUT2D eigenvalue weighted by molar-refractivity contribution is 7.99. The summed E-state index contributed by atoms with van der Waals surface area (Å²) in [5.41, 5.74) is 11.9. The van der Waals surface area contributed by atoms with Crippen molar-refractivity contribution in [3.63, 3.8) is 0 Å². The number of nitrogens with zero attached hydrogens (tertiary/aromatic N) is 2. The number of fused-ring (bicyclic) bond motifs is 3. The third-order valence-corrected chi connectivity index (χ3v) is 8.25. The maximum absolute atomic E-state index is 12.7. The van der Waals surface area contributed by atoms with Crippen LogP contribution < -0.4 is 20.9 Å². The molecule has 0 saturated carbocycles. The van der Waals surface area contributed by atoms with Gasteiger partial charge >= 0.3 is 12.1 Å². The van der Waals surface area contributed by atoms with Gasteiger partial charge in [-0.15, -0.1) is 0 Å². The highest BCUT2D eigenvalue weighted by Gasteiger charge is 2.42. The van der Waals surface area contributed by atoms with Crippen LogP contribution in [0, 0.1) is 0 Å². The number of rotatable bonds is 6. The lowest BCUT2D eigenvalue weighted by Crippen LogP contribution is -2.43. The molecule has 1 unspecified atom stereocenters. The van der Waals surface area contributed by atoms with Crippen molar-refractivity contribution in [2.45, 2.75) is 28.6 Å². The van der Waals surface area contributed by atoms with Crippen molar-refractivity contribution in [2.24, 2.45) is 5.73 Å². The number of ether oxygens (including phenoxy) is 1. The Bertz CT molecular complexity index is 1520. The first-order chi connectivity index (χ1) is 19.3. The summed E-state index contributed by atoms with van der Waals surface area (Å²) in [6.45, 7) is 3.93. The number of benzene rings is 3. The van der Waals surface area contributed by atoms with Gasteiger partial charge in [0.2, 0.25) is 0 Å². The van der Waals surface area contributed by atoms with E-state index in [1.165, 1.54) is 0 Å². The van der Waals surface area contributed by atoms with Gasteiger partial charge in [0.25, 0.3) is 0 Å². The van der Waals surface area contributed by atoms with Crippen molar-refractivity contribution in [3.8, 4) is 11.3 Å². The normalized spacial score (nSPS) is 16.0. The highest BCUT2D eigenvalue weighted by atomic mass is 32.2. The fourth-order valence-electron chi connectivity index (χ4n) is 5.15. The zero-order chi connectivity index (χ0) is 27.9. The number of H-pyrrole nitrogens is 1.